The lowest BCUT2D eigenvalue weighted by Gasteiger charge is -2.32. The molecule has 0 unspecified atom stereocenters. The first kappa shape index (κ1) is 17.2. The molecule has 28 heavy (non-hydrogen) atoms. The van der Waals surface area contributed by atoms with Crippen LogP contribution in [0.4, 0.5) is 0 Å². The Morgan fingerprint density at radius 3 is 2.86 bits per heavy atom. The highest BCUT2D eigenvalue weighted by atomic mass is 16.6. The summed E-state index contributed by atoms with van der Waals surface area (Å²) < 4.78 is 21.6. The zero-order valence-electron chi connectivity index (χ0n) is 15.3. The highest BCUT2D eigenvalue weighted by Gasteiger charge is 2.45. The number of furan rings is 1. The maximum absolute atomic E-state index is 12.6. The minimum Gasteiger partial charge on any atom is -0.472 e. The van der Waals surface area contributed by atoms with Gasteiger partial charge in [-0.2, -0.15) is 0 Å². The second-order valence-electron chi connectivity index (χ2n) is 7.22. The van der Waals surface area contributed by atoms with E-state index in [9.17, 15) is 14.7 Å². The van der Waals surface area contributed by atoms with E-state index in [1.165, 1.54) is 19.4 Å². The molecule has 0 saturated carbocycles. The highest BCUT2D eigenvalue weighted by Crippen LogP contribution is 2.49. The van der Waals surface area contributed by atoms with Gasteiger partial charge in [0.2, 0.25) is 0 Å². The first-order valence-corrected chi connectivity index (χ1v) is 9.01. The van der Waals surface area contributed by atoms with Crippen LogP contribution in [0.3, 0.4) is 0 Å². The Hall–Kier alpha value is -2.90. The largest absolute Gasteiger partial charge is 0.472 e. The van der Waals surface area contributed by atoms with Gasteiger partial charge in [0, 0.05) is 22.6 Å². The van der Waals surface area contributed by atoms with Gasteiger partial charge in [-0.3, -0.25) is 0 Å². The lowest BCUT2D eigenvalue weighted by Crippen LogP contribution is -2.27. The lowest BCUT2D eigenvalue weighted by molar-refractivity contribution is -0.136. The Balaban J connectivity index is 1.73. The molecule has 0 radical (unpaired) electrons. The maximum atomic E-state index is 12.6. The number of hydrogen-bond donors (Lipinski definition) is 1. The number of benzene rings is 1. The number of fused-ring (bicyclic) bond motifs is 3. The molecular formula is C21H18O7. The molecule has 2 bridgehead atoms. The topological polar surface area (TPSA) is 95.2 Å². The third-order valence-electron chi connectivity index (χ3n) is 5.82. The summed E-state index contributed by atoms with van der Waals surface area (Å²) >= 11 is 0. The summed E-state index contributed by atoms with van der Waals surface area (Å²) in [5, 5.41) is 10.7. The molecule has 1 aromatic carbocycles. The zero-order chi connectivity index (χ0) is 19.6. The fourth-order valence-corrected chi connectivity index (χ4v) is 4.55. The number of carbonyl (C=O) groups is 2. The summed E-state index contributed by atoms with van der Waals surface area (Å²) in [5.74, 6) is -1.35. The number of rotatable bonds is 2. The van der Waals surface area contributed by atoms with Crippen LogP contribution in [0.1, 0.15) is 56.3 Å². The Morgan fingerprint density at radius 1 is 1.32 bits per heavy atom. The van der Waals surface area contributed by atoms with E-state index in [0.29, 0.717) is 11.1 Å². The van der Waals surface area contributed by atoms with Crippen molar-refractivity contribution in [2.24, 2.45) is 0 Å². The Bertz CT molecular complexity index is 1020. The van der Waals surface area contributed by atoms with Gasteiger partial charge in [0.1, 0.15) is 12.2 Å². The van der Waals surface area contributed by atoms with Gasteiger partial charge in [-0.15, -0.1) is 0 Å². The fraction of sp³-hybridized carbons (Fsp3) is 0.333. The fourth-order valence-electron chi connectivity index (χ4n) is 4.55. The molecular weight excluding hydrogens is 364 g/mol. The van der Waals surface area contributed by atoms with E-state index in [4.69, 9.17) is 18.6 Å². The van der Waals surface area contributed by atoms with Crippen LogP contribution in [-0.2, 0) is 19.0 Å². The van der Waals surface area contributed by atoms with Gasteiger partial charge < -0.3 is 23.7 Å². The highest BCUT2D eigenvalue weighted by molar-refractivity contribution is 5.96. The Labute approximate surface area is 160 Å². The van der Waals surface area contributed by atoms with Crippen LogP contribution < -0.4 is 0 Å². The molecule has 6 rings (SSSR count). The average molecular weight is 382 g/mol. The van der Waals surface area contributed by atoms with Gasteiger partial charge in [0.05, 0.1) is 31.8 Å². The van der Waals surface area contributed by atoms with Crippen molar-refractivity contribution < 1.29 is 33.3 Å². The Morgan fingerprint density at radius 2 is 2.14 bits per heavy atom. The van der Waals surface area contributed by atoms with Crippen LogP contribution in [0.5, 0.6) is 0 Å². The minimum atomic E-state index is -0.998. The van der Waals surface area contributed by atoms with Crippen LogP contribution in [-0.4, -0.2) is 36.9 Å². The monoisotopic (exact) mass is 382 g/mol. The van der Waals surface area contributed by atoms with Crippen molar-refractivity contribution in [1.82, 2.24) is 0 Å². The minimum absolute atomic E-state index is 0.230. The van der Waals surface area contributed by atoms with Crippen molar-refractivity contribution in [1.29, 1.82) is 0 Å². The van der Waals surface area contributed by atoms with E-state index < -0.39 is 36.2 Å². The van der Waals surface area contributed by atoms with Gasteiger partial charge in [0.15, 0.2) is 6.10 Å². The van der Waals surface area contributed by atoms with Gasteiger partial charge in [-0.05, 0) is 41.8 Å². The molecule has 0 saturated heterocycles. The molecule has 2 aromatic rings. The van der Waals surface area contributed by atoms with Crippen molar-refractivity contribution >= 4 is 11.9 Å². The van der Waals surface area contributed by atoms with Crippen molar-refractivity contribution in [3.63, 3.8) is 0 Å². The molecule has 0 spiro atoms. The molecule has 1 aliphatic carbocycles. The molecule has 7 nitrogen and oxygen atoms in total. The van der Waals surface area contributed by atoms with E-state index in [-0.39, 0.29) is 6.61 Å². The van der Waals surface area contributed by atoms with Crippen LogP contribution in [0.2, 0.25) is 0 Å². The number of cyclic esters (lactones) is 1. The van der Waals surface area contributed by atoms with Gasteiger partial charge >= 0.3 is 11.9 Å². The smallest absolute Gasteiger partial charge is 0.339 e. The SMILES string of the molecule is COC(=O)C1=C[C@H](O)[C@H]2OC[C@@H]1c1cc3c(c(C)c12)[C@H](c1ccoc1)OC3=O. The van der Waals surface area contributed by atoms with Crippen molar-refractivity contribution in [3.8, 4) is 0 Å². The molecule has 4 heterocycles. The van der Waals surface area contributed by atoms with E-state index in [1.807, 2.05) is 6.92 Å². The number of esters is 2. The second kappa shape index (κ2) is 6.05. The maximum Gasteiger partial charge on any atom is 0.339 e. The zero-order valence-corrected chi connectivity index (χ0v) is 15.3. The van der Waals surface area contributed by atoms with Gasteiger partial charge in [-0.25, -0.2) is 9.59 Å². The molecule has 1 N–H and O–H groups in total. The third kappa shape index (κ3) is 2.23. The molecule has 4 atom stereocenters. The summed E-state index contributed by atoms with van der Waals surface area (Å²) in [4.78, 5) is 24.9. The lowest BCUT2D eigenvalue weighted by atomic mass is 9.80. The first-order chi connectivity index (χ1) is 13.5. The molecule has 1 aromatic heterocycles. The van der Waals surface area contributed by atoms with Gasteiger partial charge in [-0.1, -0.05) is 0 Å². The summed E-state index contributed by atoms with van der Waals surface area (Å²) in [6.45, 7) is 2.12. The quantitative estimate of drug-likeness (QED) is 0.797. The molecule has 0 amide bonds. The number of aliphatic hydroxyl groups is 1. The van der Waals surface area contributed by atoms with Crippen LogP contribution in [0.25, 0.3) is 0 Å². The summed E-state index contributed by atoms with van der Waals surface area (Å²) in [7, 11) is 1.30. The summed E-state index contributed by atoms with van der Waals surface area (Å²) in [6, 6.07) is 3.53. The van der Waals surface area contributed by atoms with Crippen molar-refractivity contribution in [2.75, 3.05) is 13.7 Å². The number of methoxy groups -OCH3 is 1. The van der Waals surface area contributed by atoms with Crippen LogP contribution in [0, 0.1) is 6.92 Å². The molecule has 7 heteroatoms. The molecule has 3 aliphatic heterocycles. The van der Waals surface area contributed by atoms with E-state index in [1.54, 1.807) is 18.4 Å². The molecule has 144 valence electrons. The molecule has 0 fully saturated rings. The van der Waals surface area contributed by atoms with Crippen molar-refractivity contribution in [3.05, 3.63) is 69.7 Å². The van der Waals surface area contributed by atoms with Crippen LogP contribution >= 0.6 is 0 Å². The summed E-state index contributed by atoms with van der Waals surface area (Å²) in [6.07, 6.45) is 2.39. The number of carbonyl (C=O) groups excluding carboxylic acids is 2. The average Bonchev–Trinajstić information content (AvgIpc) is 3.27. The normalized spacial score (nSPS) is 27.5. The number of ether oxygens (including phenoxy) is 3. The Kier molecular flexibility index (Phi) is 3.72. The van der Waals surface area contributed by atoms with E-state index in [0.717, 1.165) is 27.8 Å². The van der Waals surface area contributed by atoms with Crippen molar-refractivity contribution in [2.45, 2.75) is 31.2 Å². The third-order valence-corrected chi connectivity index (χ3v) is 5.82. The standard InChI is InChI=1S/C21H18O7/c1-9-16-11(14-8-27-19(16)15(22)6-12(14)20(23)25-2)5-13-17(9)18(28-21(13)24)10-3-4-26-7-10/h3-7,14-15,18-19,22H,8H2,1-2H3/t14-,15+,18+,19-/m1/s1. The predicted octanol–water partition coefficient (Wildman–Crippen LogP) is 2.48. The number of hydrogen-bond acceptors (Lipinski definition) is 7. The van der Waals surface area contributed by atoms with E-state index >= 15 is 0 Å². The second-order valence-corrected chi connectivity index (χ2v) is 7.22. The van der Waals surface area contributed by atoms with Crippen LogP contribution in [0.15, 0.2) is 40.7 Å². The predicted molar refractivity (Wildman–Crippen MR) is 94.7 cm³/mol. The first-order valence-electron chi connectivity index (χ1n) is 9.01. The van der Waals surface area contributed by atoms with E-state index in [2.05, 4.69) is 0 Å². The summed E-state index contributed by atoms with van der Waals surface area (Å²) in [5.41, 5.74) is 4.70. The van der Waals surface area contributed by atoms with Gasteiger partial charge in [0.25, 0.3) is 0 Å². The molecule has 4 aliphatic rings. The number of aliphatic hydroxyl groups excluding tert-OH is 1.